The van der Waals surface area contributed by atoms with Gasteiger partial charge in [-0.3, -0.25) is 9.59 Å². The molecule has 0 saturated heterocycles. The van der Waals surface area contributed by atoms with Crippen LogP contribution in [0.5, 0.6) is 0 Å². The summed E-state index contributed by atoms with van der Waals surface area (Å²) in [7, 11) is 0. The Morgan fingerprint density at radius 3 is 2.11 bits per heavy atom. The molecule has 0 aliphatic rings. The first-order valence-corrected chi connectivity index (χ1v) is 8.68. The SMILES string of the molecule is CC(C)(C)c1ccc(C[C@@H](NC(=O)Cc2ccc(F)c(F)c2)C(N)=O)cc1. The van der Waals surface area contributed by atoms with E-state index in [1.54, 1.807) is 0 Å². The lowest BCUT2D eigenvalue weighted by Crippen LogP contribution is -2.46. The van der Waals surface area contributed by atoms with Crippen molar-refractivity contribution in [2.45, 2.75) is 45.1 Å². The van der Waals surface area contributed by atoms with Crippen LogP contribution < -0.4 is 11.1 Å². The Balaban J connectivity index is 2.03. The zero-order valence-corrected chi connectivity index (χ0v) is 15.7. The molecule has 0 aromatic heterocycles. The number of amides is 2. The van der Waals surface area contributed by atoms with Crippen LogP contribution in [0.4, 0.5) is 8.78 Å². The highest BCUT2D eigenvalue weighted by atomic mass is 19.2. The lowest BCUT2D eigenvalue weighted by atomic mass is 9.86. The van der Waals surface area contributed by atoms with Gasteiger partial charge in [-0.25, -0.2) is 8.78 Å². The number of benzene rings is 2. The molecule has 27 heavy (non-hydrogen) atoms. The minimum atomic E-state index is -1.02. The molecule has 0 heterocycles. The van der Waals surface area contributed by atoms with Crippen LogP contribution in [0.3, 0.4) is 0 Å². The fourth-order valence-corrected chi connectivity index (χ4v) is 2.68. The Kier molecular flexibility index (Phi) is 6.31. The fraction of sp³-hybridized carbons (Fsp3) is 0.333. The van der Waals surface area contributed by atoms with Crippen LogP contribution in [0, 0.1) is 11.6 Å². The summed E-state index contributed by atoms with van der Waals surface area (Å²) in [5, 5.41) is 2.56. The molecule has 0 spiro atoms. The van der Waals surface area contributed by atoms with Crippen molar-refractivity contribution < 1.29 is 18.4 Å². The second-order valence-corrected chi connectivity index (χ2v) is 7.60. The number of carbonyl (C=O) groups is 2. The van der Waals surface area contributed by atoms with Gasteiger partial charge in [0.05, 0.1) is 6.42 Å². The summed E-state index contributed by atoms with van der Waals surface area (Å²) in [6, 6.07) is 10.1. The first kappa shape index (κ1) is 20.6. The lowest BCUT2D eigenvalue weighted by molar-refractivity contribution is -0.127. The van der Waals surface area contributed by atoms with Crippen LogP contribution >= 0.6 is 0 Å². The van der Waals surface area contributed by atoms with Gasteiger partial charge >= 0.3 is 0 Å². The van der Waals surface area contributed by atoms with Gasteiger partial charge in [-0.15, -0.1) is 0 Å². The molecule has 0 aliphatic heterocycles. The highest BCUT2D eigenvalue weighted by Gasteiger charge is 2.20. The summed E-state index contributed by atoms with van der Waals surface area (Å²) in [4.78, 5) is 23.9. The highest BCUT2D eigenvalue weighted by Crippen LogP contribution is 2.22. The van der Waals surface area contributed by atoms with Gasteiger partial charge in [0.1, 0.15) is 6.04 Å². The molecule has 0 unspecified atom stereocenters. The van der Waals surface area contributed by atoms with E-state index in [2.05, 4.69) is 26.1 Å². The van der Waals surface area contributed by atoms with E-state index in [1.807, 2.05) is 24.3 Å². The second-order valence-electron chi connectivity index (χ2n) is 7.60. The van der Waals surface area contributed by atoms with Gasteiger partial charge in [-0.1, -0.05) is 51.1 Å². The molecule has 2 rings (SSSR count). The van der Waals surface area contributed by atoms with Crippen LogP contribution in [-0.4, -0.2) is 17.9 Å². The molecule has 0 saturated carbocycles. The maximum Gasteiger partial charge on any atom is 0.240 e. The summed E-state index contributed by atoms with van der Waals surface area (Å²) in [5.74, 6) is -3.15. The van der Waals surface area contributed by atoms with Crippen molar-refractivity contribution in [2.24, 2.45) is 5.73 Å². The Morgan fingerprint density at radius 2 is 1.59 bits per heavy atom. The van der Waals surface area contributed by atoms with Crippen molar-refractivity contribution in [2.75, 3.05) is 0 Å². The normalized spacial score (nSPS) is 12.5. The molecular formula is C21H24F2N2O2. The number of rotatable bonds is 6. The molecule has 4 nitrogen and oxygen atoms in total. The van der Waals surface area contributed by atoms with Crippen molar-refractivity contribution in [1.82, 2.24) is 5.32 Å². The molecule has 144 valence electrons. The standard InChI is InChI=1S/C21H24F2N2O2/c1-21(2,3)15-7-4-13(5-8-15)11-18(20(24)27)25-19(26)12-14-6-9-16(22)17(23)10-14/h4-10,18H,11-12H2,1-3H3,(H2,24,27)(H,25,26)/t18-/m1/s1. The van der Waals surface area contributed by atoms with E-state index in [4.69, 9.17) is 5.73 Å². The first-order valence-electron chi connectivity index (χ1n) is 8.68. The van der Waals surface area contributed by atoms with Crippen molar-refractivity contribution in [3.63, 3.8) is 0 Å². The van der Waals surface area contributed by atoms with E-state index in [0.29, 0.717) is 5.56 Å². The maximum absolute atomic E-state index is 13.2. The first-order chi connectivity index (χ1) is 12.6. The van der Waals surface area contributed by atoms with Gasteiger partial charge in [0.2, 0.25) is 11.8 Å². The number of carbonyl (C=O) groups excluding carboxylic acids is 2. The molecule has 0 aliphatic carbocycles. The van der Waals surface area contributed by atoms with E-state index in [9.17, 15) is 18.4 Å². The molecule has 1 atom stereocenters. The van der Waals surface area contributed by atoms with Crippen molar-refractivity contribution in [1.29, 1.82) is 0 Å². The third-order valence-corrected chi connectivity index (χ3v) is 4.29. The summed E-state index contributed by atoms with van der Waals surface area (Å²) < 4.78 is 26.2. The molecule has 2 amide bonds. The van der Waals surface area contributed by atoms with Crippen molar-refractivity contribution in [3.05, 3.63) is 70.8 Å². The average molecular weight is 374 g/mol. The zero-order chi connectivity index (χ0) is 20.2. The molecular weight excluding hydrogens is 350 g/mol. The highest BCUT2D eigenvalue weighted by molar-refractivity contribution is 5.87. The monoisotopic (exact) mass is 374 g/mol. The molecule has 6 heteroatoms. The summed E-state index contributed by atoms with van der Waals surface area (Å²) in [5.41, 5.74) is 7.75. The van der Waals surface area contributed by atoms with Crippen LogP contribution in [0.1, 0.15) is 37.5 Å². The quantitative estimate of drug-likeness (QED) is 0.816. The number of halogens is 2. The smallest absolute Gasteiger partial charge is 0.240 e. The number of hydrogen-bond donors (Lipinski definition) is 2. The largest absolute Gasteiger partial charge is 0.368 e. The third-order valence-electron chi connectivity index (χ3n) is 4.29. The van der Waals surface area contributed by atoms with E-state index in [0.717, 1.165) is 23.3 Å². The number of nitrogens with two attached hydrogens (primary N) is 1. The molecule has 3 N–H and O–H groups in total. The van der Waals surface area contributed by atoms with Crippen molar-refractivity contribution in [3.8, 4) is 0 Å². The van der Waals surface area contributed by atoms with Gasteiger partial charge in [-0.05, 0) is 34.2 Å². The summed E-state index contributed by atoms with van der Waals surface area (Å²) in [6.07, 6.45) is 0.0766. The average Bonchev–Trinajstić information content (AvgIpc) is 2.57. The van der Waals surface area contributed by atoms with Gasteiger partial charge in [0.25, 0.3) is 0 Å². The van der Waals surface area contributed by atoms with E-state index >= 15 is 0 Å². The second kappa shape index (κ2) is 8.29. The number of nitrogens with one attached hydrogen (secondary N) is 1. The van der Waals surface area contributed by atoms with Gasteiger partial charge in [0, 0.05) is 6.42 Å². The van der Waals surface area contributed by atoms with Crippen LogP contribution in [-0.2, 0) is 27.8 Å². The predicted molar refractivity (Wildman–Crippen MR) is 100 cm³/mol. The molecule has 0 fully saturated rings. The Bertz CT molecular complexity index is 827. The van der Waals surface area contributed by atoms with Gasteiger partial charge in [-0.2, -0.15) is 0 Å². The number of primary amides is 1. The third kappa shape index (κ3) is 5.88. The Hall–Kier alpha value is -2.76. The van der Waals surface area contributed by atoms with Crippen LogP contribution in [0.25, 0.3) is 0 Å². The van der Waals surface area contributed by atoms with E-state index in [1.165, 1.54) is 6.07 Å². The Labute approximate surface area is 157 Å². The predicted octanol–water partition coefficient (Wildman–Crippen LogP) is 3.02. The molecule has 2 aromatic carbocycles. The fourth-order valence-electron chi connectivity index (χ4n) is 2.68. The van der Waals surface area contributed by atoms with E-state index in [-0.39, 0.29) is 18.3 Å². The van der Waals surface area contributed by atoms with Crippen LogP contribution in [0.2, 0.25) is 0 Å². The minimum Gasteiger partial charge on any atom is -0.368 e. The van der Waals surface area contributed by atoms with Crippen molar-refractivity contribution >= 4 is 11.8 Å². The molecule has 0 bridgehead atoms. The van der Waals surface area contributed by atoms with Gasteiger partial charge in [0.15, 0.2) is 11.6 Å². The zero-order valence-electron chi connectivity index (χ0n) is 15.7. The maximum atomic E-state index is 13.2. The summed E-state index contributed by atoms with van der Waals surface area (Å²) >= 11 is 0. The topological polar surface area (TPSA) is 72.2 Å². The lowest BCUT2D eigenvalue weighted by Gasteiger charge is -2.20. The molecule has 0 radical (unpaired) electrons. The summed E-state index contributed by atoms with van der Waals surface area (Å²) in [6.45, 7) is 6.31. The van der Waals surface area contributed by atoms with Crippen LogP contribution in [0.15, 0.2) is 42.5 Å². The molecule has 2 aromatic rings. The number of hydrogen-bond acceptors (Lipinski definition) is 2. The Morgan fingerprint density at radius 1 is 1.00 bits per heavy atom. The van der Waals surface area contributed by atoms with E-state index < -0.39 is 29.5 Å². The van der Waals surface area contributed by atoms with Gasteiger partial charge < -0.3 is 11.1 Å². The minimum absolute atomic E-state index is 0.0142.